The molecule has 128 valence electrons. The number of hydrogen-bond donors (Lipinski definition) is 1. The van der Waals surface area contributed by atoms with E-state index >= 15 is 0 Å². The lowest BCUT2D eigenvalue weighted by Gasteiger charge is -2.45. The molecule has 2 aliphatic rings. The molecular weight excluding hydrogens is 324 g/mol. The van der Waals surface area contributed by atoms with Crippen LogP contribution in [-0.2, 0) is 5.54 Å². The monoisotopic (exact) mass is 341 g/mol. The van der Waals surface area contributed by atoms with E-state index in [0.29, 0.717) is 23.5 Å². The van der Waals surface area contributed by atoms with E-state index in [-0.39, 0.29) is 5.84 Å². The van der Waals surface area contributed by atoms with Gasteiger partial charge in [-0.05, 0) is 29.8 Å². The van der Waals surface area contributed by atoms with Crippen molar-refractivity contribution in [1.82, 2.24) is 4.98 Å². The van der Waals surface area contributed by atoms with Gasteiger partial charge in [0.05, 0.1) is 12.8 Å². The summed E-state index contributed by atoms with van der Waals surface area (Å²) in [6.45, 7) is 4.29. The van der Waals surface area contributed by atoms with Crippen LogP contribution in [0.4, 0.5) is 8.78 Å². The van der Waals surface area contributed by atoms with Crippen molar-refractivity contribution in [3.8, 4) is 16.9 Å². The van der Waals surface area contributed by atoms with Crippen LogP contribution >= 0.6 is 0 Å². The van der Waals surface area contributed by atoms with Crippen LogP contribution in [0, 0.1) is 11.2 Å². The van der Waals surface area contributed by atoms with Crippen molar-refractivity contribution in [2.45, 2.75) is 19.4 Å². The Morgan fingerprint density at radius 1 is 1.12 bits per heavy atom. The van der Waals surface area contributed by atoms with Crippen molar-refractivity contribution >= 4 is 5.84 Å². The maximum atomic E-state index is 14.2. The summed E-state index contributed by atoms with van der Waals surface area (Å²) in [4.78, 5) is 8.35. The first-order chi connectivity index (χ1) is 11.8. The Kier molecular flexibility index (Phi) is 3.22. The van der Waals surface area contributed by atoms with E-state index < -0.39 is 22.6 Å². The fourth-order valence-electron chi connectivity index (χ4n) is 3.45. The summed E-state index contributed by atoms with van der Waals surface area (Å²) in [5, 5.41) is 0. The fourth-order valence-corrected chi connectivity index (χ4v) is 3.45. The number of aliphatic imine (C=N–C) groups is 1. The number of aromatic nitrogens is 1. The van der Waals surface area contributed by atoms with Crippen LogP contribution < -0.4 is 10.5 Å². The normalized spacial score (nSPS) is 23.7. The molecule has 25 heavy (non-hydrogen) atoms. The average molecular weight is 341 g/mol. The summed E-state index contributed by atoms with van der Waals surface area (Å²) in [5.74, 6) is -0.442. The van der Waals surface area contributed by atoms with Crippen LogP contribution in [0.5, 0.6) is 5.75 Å². The second-order valence-electron chi connectivity index (χ2n) is 7.03. The van der Waals surface area contributed by atoms with Crippen LogP contribution in [0.1, 0.15) is 19.4 Å². The topological polar surface area (TPSA) is 60.5 Å². The highest BCUT2D eigenvalue weighted by molar-refractivity contribution is 5.98. The third-order valence-corrected chi connectivity index (χ3v) is 4.93. The lowest BCUT2D eigenvalue weighted by atomic mass is 9.67. The molecule has 0 saturated carbocycles. The third-order valence-electron chi connectivity index (χ3n) is 4.93. The van der Waals surface area contributed by atoms with E-state index in [1.807, 2.05) is 26.0 Å². The Bertz CT molecular complexity index is 916. The molecule has 4 rings (SSSR count). The SMILES string of the molecule is CC1(C)COc2ccc(-c3cncc(F)c3)cc2C12C=C(F)C(N)=N2. The highest BCUT2D eigenvalue weighted by Crippen LogP contribution is 2.54. The number of amidine groups is 1. The van der Waals surface area contributed by atoms with Gasteiger partial charge in [0.1, 0.15) is 17.1 Å². The minimum atomic E-state index is -0.953. The number of halogens is 2. The summed E-state index contributed by atoms with van der Waals surface area (Å²) >= 11 is 0. The first-order valence-corrected chi connectivity index (χ1v) is 7.95. The van der Waals surface area contributed by atoms with Gasteiger partial charge in [-0.2, -0.15) is 0 Å². The highest BCUT2D eigenvalue weighted by Gasteiger charge is 2.53. The number of pyridine rings is 1. The van der Waals surface area contributed by atoms with Crippen molar-refractivity contribution < 1.29 is 13.5 Å². The van der Waals surface area contributed by atoms with Gasteiger partial charge in [-0.3, -0.25) is 4.98 Å². The Hall–Kier alpha value is -2.76. The minimum absolute atomic E-state index is 0.112. The molecule has 0 bridgehead atoms. The van der Waals surface area contributed by atoms with Gasteiger partial charge in [-0.25, -0.2) is 13.8 Å². The smallest absolute Gasteiger partial charge is 0.163 e. The summed E-state index contributed by atoms with van der Waals surface area (Å²) in [6, 6.07) is 6.86. The molecule has 0 saturated heterocycles. The molecule has 2 aromatic rings. The number of nitrogens with zero attached hydrogens (tertiary/aromatic N) is 2. The quantitative estimate of drug-likeness (QED) is 0.860. The standard InChI is InChI=1S/C19H17F2N3O/c1-18(2)10-25-16-4-3-11(12-5-13(20)9-23-8-12)6-14(16)19(18)7-15(21)17(22)24-19/h3-9H,10H2,1-2H3,(H2,22,24). The van der Waals surface area contributed by atoms with Gasteiger partial charge in [0.15, 0.2) is 11.7 Å². The van der Waals surface area contributed by atoms with E-state index in [1.165, 1.54) is 12.1 Å². The number of nitrogens with two attached hydrogens (primary N) is 1. The molecule has 1 unspecified atom stereocenters. The molecule has 4 nitrogen and oxygen atoms in total. The summed E-state index contributed by atoms with van der Waals surface area (Å²) in [6.07, 6.45) is 4.18. The van der Waals surface area contributed by atoms with Crippen molar-refractivity contribution in [2.75, 3.05) is 6.61 Å². The second kappa shape index (κ2) is 5.12. The van der Waals surface area contributed by atoms with E-state index in [2.05, 4.69) is 9.98 Å². The molecule has 1 aromatic heterocycles. The van der Waals surface area contributed by atoms with E-state index in [4.69, 9.17) is 10.5 Å². The Morgan fingerprint density at radius 3 is 2.60 bits per heavy atom. The summed E-state index contributed by atoms with van der Waals surface area (Å²) in [5.41, 5.74) is 6.37. The summed E-state index contributed by atoms with van der Waals surface area (Å²) < 4.78 is 33.6. The number of rotatable bonds is 1. The van der Waals surface area contributed by atoms with Crippen molar-refractivity contribution in [2.24, 2.45) is 16.1 Å². The van der Waals surface area contributed by atoms with Gasteiger partial charge in [0, 0.05) is 22.7 Å². The van der Waals surface area contributed by atoms with Gasteiger partial charge in [-0.1, -0.05) is 19.9 Å². The molecular formula is C19H17F2N3O. The van der Waals surface area contributed by atoms with Gasteiger partial charge in [0.25, 0.3) is 0 Å². The number of ether oxygens (including phenoxy) is 1. The number of hydrogen-bond acceptors (Lipinski definition) is 4. The van der Waals surface area contributed by atoms with Crippen molar-refractivity contribution in [1.29, 1.82) is 0 Å². The van der Waals surface area contributed by atoms with Gasteiger partial charge < -0.3 is 10.5 Å². The molecule has 1 aromatic carbocycles. The van der Waals surface area contributed by atoms with Gasteiger partial charge >= 0.3 is 0 Å². The molecule has 0 amide bonds. The highest BCUT2D eigenvalue weighted by atomic mass is 19.1. The molecule has 6 heteroatoms. The Labute approximate surface area is 144 Å². The molecule has 0 fully saturated rings. The fraction of sp³-hybridized carbons (Fsp3) is 0.263. The third kappa shape index (κ3) is 2.24. The predicted octanol–water partition coefficient (Wildman–Crippen LogP) is 3.73. The molecule has 1 atom stereocenters. The zero-order valence-electron chi connectivity index (χ0n) is 13.9. The minimum Gasteiger partial charge on any atom is -0.493 e. The van der Waals surface area contributed by atoms with Crippen LogP contribution in [0.3, 0.4) is 0 Å². The summed E-state index contributed by atoms with van der Waals surface area (Å²) in [7, 11) is 0. The second-order valence-corrected chi connectivity index (χ2v) is 7.03. The van der Waals surface area contributed by atoms with Crippen molar-refractivity contribution in [3.05, 3.63) is 59.9 Å². The number of fused-ring (bicyclic) bond motifs is 2. The molecule has 2 aliphatic heterocycles. The maximum absolute atomic E-state index is 14.2. The maximum Gasteiger partial charge on any atom is 0.163 e. The van der Waals surface area contributed by atoms with E-state index in [9.17, 15) is 8.78 Å². The first kappa shape index (κ1) is 15.7. The van der Waals surface area contributed by atoms with Crippen LogP contribution in [0.25, 0.3) is 11.1 Å². The van der Waals surface area contributed by atoms with Crippen molar-refractivity contribution in [3.63, 3.8) is 0 Å². The lowest BCUT2D eigenvalue weighted by molar-refractivity contribution is 0.0855. The van der Waals surface area contributed by atoms with E-state index in [0.717, 1.165) is 11.8 Å². The van der Waals surface area contributed by atoms with Crippen LogP contribution in [0.15, 0.2) is 53.6 Å². The van der Waals surface area contributed by atoms with Crippen LogP contribution in [-0.4, -0.2) is 17.4 Å². The predicted molar refractivity (Wildman–Crippen MR) is 91.4 cm³/mol. The first-order valence-electron chi connectivity index (χ1n) is 7.95. The van der Waals surface area contributed by atoms with E-state index in [1.54, 1.807) is 12.3 Å². The zero-order chi connectivity index (χ0) is 17.8. The molecule has 0 aliphatic carbocycles. The van der Waals surface area contributed by atoms with Crippen LogP contribution in [0.2, 0.25) is 0 Å². The molecule has 0 radical (unpaired) electrons. The zero-order valence-corrected chi connectivity index (χ0v) is 13.9. The van der Waals surface area contributed by atoms with Gasteiger partial charge in [0.2, 0.25) is 0 Å². The number of benzene rings is 1. The molecule has 2 N–H and O–H groups in total. The molecule has 3 heterocycles. The largest absolute Gasteiger partial charge is 0.493 e. The van der Waals surface area contributed by atoms with Gasteiger partial charge in [-0.15, -0.1) is 0 Å². The lowest BCUT2D eigenvalue weighted by Crippen LogP contribution is -2.46. The Morgan fingerprint density at radius 2 is 1.92 bits per heavy atom. The Balaban J connectivity index is 1.94. The molecule has 1 spiro atoms. The average Bonchev–Trinajstić information content (AvgIpc) is 2.88.